The first-order chi connectivity index (χ1) is 13.2. The largest absolute Gasteiger partial charge is 0.419 e. The molecule has 4 rings (SSSR count). The smallest absolute Gasteiger partial charge is 0.247 e. The highest BCUT2D eigenvalue weighted by molar-refractivity contribution is 6.30. The molecule has 1 aromatic heterocycles. The summed E-state index contributed by atoms with van der Waals surface area (Å²) in [5.74, 6) is 0.719. The van der Waals surface area contributed by atoms with Crippen LogP contribution in [0.4, 0.5) is 4.39 Å². The van der Waals surface area contributed by atoms with E-state index in [1.165, 1.54) is 17.7 Å². The third-order valence-corrected chi connectivity index (χ3v) is 4.91. The highest BCUT2D eigenvalue weighted by atomic mass is 35.5. The number of hydrogen-bond acceptors (Lipinski definition) is 5. The fourth-order valence-corrected chi connectivity index (χ4v) is 3.43. The summed E-state index contributed by atoms with van der Waals surface area (Å²) in [5, 5.41) is 8.97. The summed E-state index contributed by atoms with van der Waals surface area (Å²) in [6, 6.07) is 14.1. The molecule has 0 spiro atoms. The van der Waals surface area contributed by atoms with Gasteiger partial charge in [0.15, 0.2) is 0 Å². The number of aromatic nitrogens is 2. The van der Waals surface area contributed by atoms with E-state index in [1.807, 2.05) is 18.2 Å². The standard InChI is InChI=1S/C20H20ClFN4O/c21-17-3-1-2-15(12-17)13-25-8-10-26(11-9-25)14-19-23-24-20(27-19)16-4-6-18(22)7-5-16/h1-7,12H,8-11,13-14H2. The maximum atomic E-state index is 13.0. The molecule has 2 heterocycles. The van der Waals surface area contributed by atoms with Gasteiger partial charge in [0.25, 0.3) is 0 Å². The maximum Gasteiger partial charge on any atom is 0.247 e. The van der Waals surface area contributed by atoms with Gasteiger partial charge in [-0.3, -0.25) is 9.80 Å². The molecule has 1 aliphatic rings. The van der Waals surface area contributed by atoms with Crippen molar-refractivity contribution in [2.24, 2.45) is 0 Å². The van der Waals surface area contributed by atoms with Gasteiger partial charge in [0.05, 0.1) is 6.54 Å². The van der Waals surface area contributed by atoms with E-state index in [4.69, 9.17) is 16.0 Å². The average Bonchev–Trinajstić information content (AvgIpc) is 3.12. The van der Waals surface area contributed by atoms with Crippen LogP contribution in [0.2, 0.25) is 5.02 Å². The lowest BCUT2D eigenvalue weighted by Gasteiger charge is -2.33. The van der Waals surface area contributed by atoms with Gasteiger partial charge in [0, 0.05) is 43.3 Å². The lowest BCUT2D eigenvalue weighted by atomic mass is 10.2. The van der Waals surface area contributed by atoms with Crippen LogP contribution in [-0.4, -0.2) is 46.2 Å². The van der Waals surface area contributed by atoms with E-state index >= 15 is 0 Å². The van der Waals surface area contributed by atoms with Gasteiger partial charge < -0.3 is 4.42 Å². The normalized spacial score (nSPS) is 15.9. The first-order valence-electron chi connectivity index (χ1n) is 8.93. The summed E-state index contributed by atoms with van der Waals surface area (Å²) in [6.45, 7) is 5.36. The van der Waals surface area contributed by atoms with E-state index in [0.717, 1.165) is 43.3 Å². The zero-order valence-electron chi connectivity index (χ0n) is 14.8. The van der Waals surface area contributed by atoms with Crippen LogP contribution in [0.15, 0.2) is 52.9 Å². The number of halogens is 2. The number of hydrogen-bond donors (Lipinski definition) is 0. The highest BCUT2D eigenvalue weighted by Crippen LogP contribution is 2.19. The SMILES string of the molecule is Fc1ccc(-c2nnc(CN3CCN(Cc4cccc(Cl)c4)CC3)o2)cc1. The topological polar surface area (TPSA) is 45.4 Å². The Morgan fingerprint density at radius 1 is 0.926 bits per heavy atom. The number of benzene rings is 2. The minimum Gasteiger partial charge on any atom is -0.419 e. The van der Waals surface area contributed by atoms with Gasteiger partial charge in [-0.1, -0.05) is 23.7 Å². The molecule has 1 fully saturated rings. The molecular weight excluding hydrogens is 367 g/mol. The van der Waals surface area contributed by atoms with Crippen LogP contribution in [0, 0.1) is 5.82 Å². The van der Waals surface area contributed by atoms with E-state index in [9.17, 15) is 4.39 Å². The second kappa shape index (κ2) is 8.17. The molecule has 0 N–H and O–H groups in total. The predicted octanol–water partition coefficient (Wildman–Crippen LogP) is 3.85. The Hall–Kier alpha value is -2.28. The molecule has 0 radical (unpaired) electrons. The summed E-state index contributed by atoms with van der Waals surface area (Å²) < 4.78 is 18.8. The number of nitrogens with zero attached hydrogens (tertiary/aromatic N) is 4. The molecule has 0 aliphatic carbocycles. The van der Waals surface area contributed by atoms with Gasteiger partial charge >= 0.3 is 0 Å². The summed E-state index contributed by atoms with van der Waals surface area (Å²) in [5.41, 5.74) is 1.96. The molecule has 0 atom stereocenters. The molecule has 5 nitrogen and oxygen atoms in total. The molecule has 27 heavy (non-hydrogen) atoms. The first-order valence-corrected chi connectivity index (χ1v) is 9.31. The second-order valence-corrected chi connectivity index (χ2v) is 7.13. The first kappa shape index (κ1) is 18.1. The molecule has 1 saturated heterocycles. The molecule has 7 heteroatoms. The Morgan fingerprint density at radius 2 is 1.63 bits per heavy atom. The predicted molar refractivity (Wildman–Crippen MR) is 102 cm³/mol. The second-order valence-electron chi connectivity index (χ2n) is 6.69. The molecule has 2 aromatic carbocycles. The summed E-state index contributed by atoms with van der Waals surface area (Å²) in [6.07, 6.45) is 0. The van der Waals surface area contributed by atoms with Crippen molar-refractivity contribution in [1.29, 1.82) is 0 Å². The molecule has 0 bridgehead atoms. The monoisotopic (exact) mass is 386 g/mol. The minimum atomic E-state index is -0.283. The Labute approximate surface area is 162 Å². The van der Waals surface area contributed by atoms with Gasteiger partial charge in [0.1, 0.15) is 5.82 Å². The van der Waals surface area contributed by atoms with Crippen molar-refractivity contribution in [2.75, 3.05) is 26.2 Å². The van der Waals surface area contributed by atoms with Crippen molar-refractivity contribution < 1.29 is 8.81 Å². The molecule has 0 saturated carbocycles. The zero-order valence-corrected chi connectivity index (χ0v) is 15.6. The molecule has 140 valence electrons. The van der Waals surface area contributed by atoms with Crippen LogP contribution < -0.4 is 0 Å². The van der Waals surface area contributed by atoms with Crippen LogP contribution in [-0.2, 0) is 13.1 Å². The molecular formula is C20H20ClFN4O. The van der Waals surface area contributed by atoms with Crippen molar-refractivity contribution in [3.8, 4) is 11.5 Å². The van der Waals surface area contributed by atoms with E-state index < -0.39 is 0 Å². The Morgan fingerprint density at radius 3 is 2.33 bits per heavy atom. The van der Waals surface area contributed by atoms with E-state index in [1.54, 1.807) is 12.1 Å². The molecule has 3 aromatic rings. The van der Waals surface area contributed by atoms with Crippen LogP contribution in [0.25, 0.3) is 11.5 Å². The van der Waals surface area contributed by atoms with E-state index in [-0.39, 0.29) is 5.82 Å². The Kier molecular flexibility index (Phi) is 5.48. The van der Waals surface area contributed by atoms with Gasteiger partial charge in [-0.2, -0.15) is 0 Å². The quantitative estimate of drug-likeness (QED) is 0.666. The van der Waals surface area contributed by atoms with Crippen molar-refractivity contribution >= 4 is 11.6 Å². The zero-order chi connectivity index (χ0) is 18.6. The van der Waals surface area contributed by atoms with Crippen molar-refractivity contribution in [2.45, 2.75) is 13.1 Å². The summed E-state index contributed by atoms with van der Waals surface area (Å²) in [7, 11) is 0. The van der Waals surface area contributed by atoms with Crippen LogP contribution in [0.5, 0.6) is 0 Å². The molecule has 0 amide bonds. The van der Waals surface area contributed by atoms with Gasteiger partial charge in [0.2, 0.25) is 11.8 Å². The van der Waals surface area contributed by atoms with E-state index in [0.29, 0.717) is 18.3 Å². The maximum absolute atomic E-state index is 13.0. The van der Waals surface area contributed by atoms with Crippen LogP contribution >= 0.6 is 11.6 Å². The van der Waals surface area contributed by atoms with Crippen LogP contribution in [0.3, 0.4) is 0 Å². The van der Waals surface area contributed by atoms with Crippen molar-refractivity contribution in [3.05, 3.63) is 70.8 Å². The number of piperazine rings is 1. The Balaban J connectivity index is 1.30. The van der Waals surface area contributed by atoms with Gasteiger partial charge in [-0.25, -0.2) is 4.39 Å². The average molecular weight is 387 g/mol. The lowest BCUT2D eigenvalue weighted by Crippen LogP contribution is -2.45. The van der Waals surface area contributed by atoms with Gasteiger partial charge in [-0.15, -0.1) is 10.2 Å². The lowest BCUT2D eigenvalue weighted by molar-refractivity contribution is 0.114. The number of rotatable bonds is 5. The van der Waals surface area contributed by atoms with Crippen molar-refractivity contribution in [3.63, 3.8) is 0 Å². The minimum absolute atomic E-state index is 0.283. The van der Waals surface area contributed by atoms with Gasteiger partial charge in [-0.05, 0) is 42.0 Å². The third-order valence-electron chi connectivity index (χ3n) is 4.68. The Bertz CT molecular complexity index is 891. The van der Waals surface area contributed by atoms with Crippen molar-refractivity contribution in [1.82, 2.24) is 20.0 Å². The van der Waals surface area contributed by atoms with E-state index in [2.05, 4.69) is 26.1 Å². The fourth-order valence-electron chi connectivity index (χ4n) is 3.22. The van der Waals surface area contributed by atoms with Crippen LogP contribution in [0.1, 0.15) is 11.5 Å². The molecule has 1 aliphatic heterocycles. The fraction of sp³-hybridized carbons (Fsp3) is 0.300. The highest BCUT2D eigenvalue weighted by Gasteiger charge is 2.19. The summed E-state index contributed by atoms with van der Waals surface area (Å²) >= 11 is 6.06. The molecule has 0 unspecified atom stereocenters. The third kappa shape index (κ3) is 4.71. The summed E-state index contributed by atoms with van der Waals surface area (Å²) in [4.78, 5) is 4.72.